The summed E-state index contributed by atoms with van der Waals surface area (Å²) in [7, 11) is 1.67. The van der Waals surface area contributed by atoms with Gasteiger partial charge in [0.05, 0.1) is 7.11 Å². The Hall–Kier alpha value is -3.27. The van der Waals surface area contributed by atoms with Crippen LogP contribution in [0.3, 0.4) is 0 Å². The zero-order valence-electron chi connectivity index (χ0n) is 15.7. The first kappa shape index (κ1) is 18.5. The van der Waals surface area contributed by atoms with E-state index in [1.807, 2.05) is 67.6 Å². The van der Waals surface area contributed by atoms with Crippen molar-refractivity contribution in [3.63, 3.8) is 0 Å². The highest BCUT2D eigenvalue weighted by molar-refractivity contribution is 6.05. The predicted octanol–water partition coefficient (Wildman–Crippen LogP) is 4.91. The lowest BCUT2D eigenvalue weighted by Crippen LogP contribution is -2.13. The topological polar surface area (TPSA) is 50.4 Å². The van der Waals surface area contributed by atoms with Crippen LogP contribution in [0.2, 0.25) is 0 Å². The molecule has 138 valence electrons. The number of benzene rings is 3. The minimum absolute atomic E-state index is 0.0895. The first-order valence-corrected chi connectivity index (χ1v) is 8.99. The number of rotatable bonds is 7. The van der Waals surface area contributed by atoms with Crippen LogP contribution in [-0.2, 0) is 6.42 Å². The minimum atomic E-state index is -0.0895. The van der Waals surface area contributed by atoms with E-state index >= 15 is 0 Å². The summed E-state index contributed by atoms with van der Waals surface area (Å²) in [4.78, 5) is 12.4. The fraction of sp³-hybridized carbons (Fsp3) is 0.174. The van der Waals surface area contributed by atoms with Crippen LogP contribution in [0, 0.1) is 6.92 Å². The molecule has 2 N–H and O–H groups in total. The van der Waals surface area contributed by atoms with Crippen LogP contribution in [0.15, 0.2) is 72.8 Å². The molecule has 3 aromatic rings. The van der Waals surface area contributed by atoms with Gasteiger partial charge in [-0.05, 0) is 66.9 Å². The highest BCUT2D eigenvalue weighted by atomic mass is 16.5. The molecule has 27 heavy (non-hydrogen) atoms. The van der Waals surface area contributed by atoms with Crippen molar-refractivity contribution in [3.05, 3.63) is 89.5 Å². The van der Waals surface area contributed by atoms with Crippen LogP contribution in [0.5, 0.6) is 5.75 Å². The molecule has 0 saturated carbocycles. The standard InChI is InChI=1S/C23H24N2O2/c1-17-5-3-4-6-22(17)23(26)25-20-11-9-19(10-12-20)24-16-15-18-7-13-21(27-2)14-8-18/h3-14,24H,15-16H2,1-2H3,(H,25,26). The fourth-order valence-corrected chi connectivity index (χ4v) is 2.84. The van der Waals surface area contributed by atoms with E-state index in [2.05, 4.69) is 22.8 Å². The lowest BCUT2D eigenvalue weighted by molar-refractivity contribution is 0.102. The number of ether oxygens (including phenoxy) is 1. The Morgan fingerprint density at radius 3 is 2.22 bits per heavy atom. The molecule has 0 unspecified atom stereocenters. The number of aryl methyl sites for hydroxylation is 1. The van der Waals surface area contributed by atoms with Crippen molar-refractivity contribution < 1.29 is 9.53 Å². The molecule has 0 heterocycles. The number of hydrogen-bond acceptors (Lipinski definition) is 3. The molecule has 3 rings (SSSR count). The van der Waals surface area contributed by atoms with Gasteiger partial charge in [0, 0.05) is 23.5 Å². The maximum atomic E-state index is 12.4. The molecule has 0 aliphatic carbocycles. The van der Waals surface area contributed by atoms with Crippen molar-refractivity contribution in [2.24, 2.45) is 0 Å². The minimum Gasteiger partial charge on any atom is -0.497 e. The molecule has 3 aromatic carbocycles. The van der Waals surface area contributed by atoms with E-state index in [0.717, 1.165) is 35.7 Å². The van der Waals surface area contributed by atoms with Crippen molar-refractivity contribution in [1.82, 2.24) is 0 Å². The predicted molar refractivity (Wildman–Crippen MR) is 111 cm³/mol. The van der Waals surface area contributed by atoms with E-state index in [1.54, 1.807) is 7.11 Å². The third-order valence-electron chi connectivity index (χ3n) is 4.43. The average Bonchev–Trinajstić information content (AvgIpc) is 2.70. The maximum Gasteiger partial charge on any atom is 0.255 e. The highest BCUT2D eigenvalue weighted by Crippen LogP contribution is 2.16. The Labute approximate surface area is 160 Å². The number of carbonyl (C=O) groups excluding carboxylic acids is 1. The largest absolute Gasteiger partial charge is 0.497 e. The van der Waals surface area contributed by atoms with Gasteiger partial charge in [0.15, 0.2) is 0 Å². The third-order valence-corrected chi connectivity index (χ3v) is 4.43. The second kappa shape index (κ2) is 8.90. The smallest absolute Gasteiger partial charge is 0.255 e. The van der Waals surface area contributed by atoms with Gasteiger partial charge < -0.3 is 15.4 Å². The Balaban J connectivity index is 1.51. The Bertz CT molecular complexity index is 887. The number of carbonyl (C=O) groups is 1. The zero-order valence-corrected chi connectivity index (χ0v) is 15.7. The summed E-state index contributed by atoms with van der Waals surface area (Å²) in [6, 6.07) is 23.4. The zero-order chi connectivity index (χ0) is 19.1. The molecule has 4 nitrogen and oxygen atoms in total. The quantitative estimate of drug-likeness (QED) is 0.629. The van der Waals surface area contributed by atoms with E-state index in [0.29, 0.717) is 5.56 Å². The van der Waals surface area contributed by atoms with Gasteiger partial charge in [-0.1, -0.05) is 30.3 Å². The Morgan fingerprint density at radius 1 is 0.889 bits per heavy atom. The van der Waals surface area contributed by atoms with Gasteiger partial charge in [0.25, 0.3) is 5.91 Å². The van der Waals surface area contributed by atoms with E-state index in [1.165, 1.54) is 5.56 Å². The second-order valence-corrected chi connectivity index (χ2v) is 6.37. The third kappa shape index (κ3) is 5.11. The summed E-state index contributed by atoms with van der Waals surface area (Å²) in [6.07, 6.45) is 0.926. The van der Waals surface area contributed by atoms with Crippen molar-refractivity contribution in [2.45, 2.75) is 13.3 Å². The Morgan fingerprint density at radius 2 is 1.56 bits per heavy atom. The molecular formula is C23H24N2O2. The molecule has 0 aliphatic rings. The van der Waals surface area contributed by atoms with Gasteiger partial charge in [-0.25, -0.2) is 0 Å². The summed E-state index contributed by atoms with van der Waals surface area (Å²) in [5.74, 6) is 0.781. The average molecular weight is 360 g/mol. The first-order valence-electron chi connectivity index (χ1n) is 8.99. The van der Waals surface area contributed by atoms with Crippen LogP contribution in [0.1, 0.15) is 21.5 Å². The van der Waals surface area contributed by atoms with E-state index in [4.69, 9.17) is 4.74 Å². The van der Waals surface area contributed by atoms with Gasteiger partial charge in [-0.3, -0.25) is 4.79 Å². The van der Waals surface area contributed by atoms with Crippen LogP contribution in [0.25, 0.3) is 0 Å². The lowest BCUT2D eigenvalue weighted by atomic mass is 10.1. The van der Waals surface area contributed by atoms with E-state index in [-0.39, 0.29) is 5.91 Å². The molecule has 0 fully saturated rings. The SMILES string of the molecule is COc1ccc(CCNc2ccc(NC(=O)c3ccccc3C)cc2)cc1. The van der Waals surface area contributed by atoms with Crippen molar-refractivity contribution >= 4 is 17.3 Å². The molecule has 4 heteroatoms. The van der Waals surface area contributed by atoms with Crippen LogP contribution >= 0.6 is 0 Å². The summed E-state index contributed by atoms with van der Waals surface area (Å²) >= 11 is 0. The summed E-state index contributed by atoms with van der Waals surface area (Å²) in [5, 5.41) is 6.34. The number of nitrogens with one attached hydrogen (secondary N) is 2. The molecule has 0 atom stereocenters. The normalized spacial score (nSPS) is 10.3. The molecule has 0 bridgehead atoms. The van der Waals surface area contributed by atoms with Gasteiger partial charge in [0.1, 0.15) is 5.75 Å². The van der Waals surface area contributed by atoms with Gasteiger partial charge in [0.2, 0.25) is 0 Å². The van der Waals surface area contributed by atoms with Crippen LogP contribution < -0.4 is 15.4 Å². The molecule has 0 aliphatic heterocycles. The molecular weight excluding hydrogens is 336 g/mol. The number of anilines is 2. The first-order chi connectivity index (χ1) is 13.2. The summed E-state index contributed by atoms with van der Waals surface area (Å²) in [5.41, 5.74) is 4.72. The van der Waals surface area contributed by atoms with Gasteiger partial charge in [-0.15, -0.1) is 0 Å². The van der Waals surface area contributed by atoms with Crippen molar-refractivity contribution in [2.75, 3.05) is 24.3 Å². The van der Waals surface area contributed by atoms with E-state index < -0.39 is 0 Å². The number of methoxy groups -OCH3 is 1. The second-order valence-electron chi connectivity index (χ2n) is 6.37. The van der Waals surface area contributed by atoms with Gasteiger partial charge >= 0.3 is 0 Å². The summed E-state index contributed by atoms with van der Waals surface area (Å²) in [6.45, 7) is 2.77. The fourth-order valence-electron chi connectivity index (χ4n) is 2.84. The monoisotopic (exact) mass is 360 g/mol. The van der Waals surface area contributed by atoms with Crippen molar-refractivity contribution in [1.29, 1.82) is 0 Å². The Kier molecular flexibility index (Phi) is 6.10. The molecule has 0 saturated heterocycles. The molecule has 1 amide bonds. The summed E-state index contributed by atoms with van der Waals surface area (Å²) < 4.78 is 5.17. The lowest BCUT2D eigenvalue weighted by Gasteiger charge is -2.10. The molecule has 0 spiro atoms. The maximum absolute atomic E-state index is 12.4. The number of amides is 1. The van der Waals surface area contributed by atoms with Gasteiger partial charge in [-0.2, -0.15) is 0 Å². The van der Waals surface area contributed by atoms with Crippen LogP contribution in [0.4, 0.5) is 11.4 Å². The molecule has 0 radical (unpaired) electrons. The highest BCUT2D eigenvalue weighted by Gasteiger charge is 2.08. The number of hydrogen-bond donors (Lipinski definition) is 2. The molecule has 0 aromatic heterocycles. The van der Waals surface area contributed by atoms with Crippen molar-refractivity contribution in [3.8, 4) is 5.75 Å². The van der Waals surface area contributed by atoms with E-state index in [9.17, 15) is 4.79 Å². The van der Waals surface area contributed by atoms with Crippen LogP contribution in [-0.4, -0.2) is 19.6 Å².